The smallest absolute Gasteiger partial charge is 0.416 e. The summed E-state index contributed by atoms with van der Waals surface area (Å²) >= 11 is 0. The van der Waals surface area contributed by atoms with Crippen LogP contribution in [-0.4, -0.2) is 17.1 Å². The average Bonchev–Trinajstić information content (AvgIpc) is 3.04. The summed E-state index contributed by atoms with van der Waals surface area (Å²) in [5.41, 5.74) is 3.52. The lowest BCUT2D eigenvalue weighted by atomic mass is 10.0. The number of esters is 1. The van der Waals surface area contributed by atoms with Crippen LogP contribution in [0.4, 0.5) is 13.2 Å². The lowest BCUT2D eigenvalue weighted by Gasteiger charge is -2.12. The number of para-hydroxylation sites is 1. The largest absolute Gasteiger partial charge is 0.463 e. The van der Waals surface area contributed by atoms with Gasteiger partial charge in [-0.1, -0.05) is 29.8 Å². The van der Waals surface area contributed by atoms with Crippen molar-refractivity contribution in [2.24, 2.45) is 0 Å². The Labute approximate surface area is 173 Å². The number of ether oxygens (including phenoxy) is 1. The van der Waals surface area contributed by atoms with Gasteiger partial charge >= 0.3 is 12.1 Å². The summed E-state index contributed by atoms with van der Waals surface area (Å²) in [7, 11) is 0. The van der Waals surface area contributed by atoms with Crippen LogP contribution in [0.5, 0.6) is 0 Å². The van der Waals surface area contributed by atoms with Gasteiger partial charge < -0.3 is 9.30 Å². The molecule has 0 saturated carbocycles. The maximum atomic E-state index is 13.2. The van der Waals surface area contributed by atoms with Crippen LogP contribution in [0.15, 0.2) is 54.2 Å². The Bertz CT molecular complexity index is 1120. The van der Waals surface area contributed by atoms with Crippen LogP contribution in [0.3, 0.4) is 0 Å². The Hall–Kier alpha value is -3.02. The fourth-order valence-electron chi connectivity index (χ4n) is 3.58. The van der Waals surface area contributed by atoms with Crippen molar-refractivity contribution in [1.82, 2.24) is 4.57 Å². The standard InChI is InChI=1S/C24H24F3NO2/c1-5-30-23(29)17(4)16(3)21-14-28(22-9-7-6-8-20(21)22)13-18-10-15(2)11-19(12-18)24(25,26)27/h6-12,14H,5,13H2,1-4H3/b17-16+. The van der Waals surface area contributed by atoms with E-state index in [0.717, 1.165) is 28.1 Å². The predicted molar refractivity (Wildman–Crippen MR) is 112 cm³/mol. The quantitative estimate of drug-likeness (QED) is 0.358. The van der Waals surface area contributed by atoms with Crippen molar-refractivity contribution >= 4 is 22.4 Å². The number of alkyl halides is 3. The van der Waals surface area contributed by atoms with Gasteiger partial charge in [0, 0.05) is 34.8 Å². The van der Waals surface area contributed by atoms with E-state index in [1.165, 1.54) is 6.07 Å². The summed E-state index contributed by atoms with van der Waals surface area (Å²) in [6.07, 6.45) is -2.50. The maximum absolute atomic E-state index is 13.2. The minimum absolute atomic E-state index is 0.289. The zero-order valence-electron chi connectivity index (χ0n) is 17.4. The molecular formula is C24H24F3NO2. The molecule has 0 atom stereocenters. The number of benzene rings is 2. The van der Waals surface area contributed by atoms with Gasteiger partial charge in [-0.2, -0.15) is 13.2 Å². The van der Waals surface area contributed by atoms with Crippen LogP contribution < -0.4 is 0 Å². The third-order valence-electron chi connectivity index (χ3n) is 5.15. The molecule has 6 heteroatoms. The Morgan fingerprint density at radius 1 is 1.10 bits per heavy atom. The Morgan fingerprint density at radius 2 is 1.80 bits per heavy atom. The molecule has 0 bridgehead atoms. The van der Waals surface area contributed by atoms with Crippen molar-refractivity contribution < 1.29 is 22.7 Å². The second kappa shape index (κ2) is 8.38. The summed E-state index contributed by atoms with van der Waals surface area (Å²) in [5.74, 6) is -0.375. The van der Waals surface area contributed by atoms with Gasteiger partial charge in [0.05, 0.1) is 12.2 Å². The minimum Gasteiger partial charge on any atom is -0.463 e. The number of hydrogen-bond donors (Lipinski definition) is 0. The molecule has 0 aliphatic carbocycles. The van der Waals surface area contributed by atoms with Crippen LogP contribution in [0.2, 0.25) is 0 Å². The lowest BCUT2D eigenvalue weighted by Crippen LogP contribution is -2.07. The highest BCUT2D eigenvalue weighted by Crippen LogP contribution is 2.33. The third-order valence-corrected chi connectivity index (χ3v) is 5.15. The van der Waals surface area contributed by atoms with Crippen LogP contribution in [0.1, 0.15) is 43.0 Å². The Kier molecular flexibility index (Phi) is 6.06. The Balaban J connectivity index is 2.09. The van der Waals surface area contributed by atoms with Gasteiger partial charge in [0.1, 0.15) is 0 Å². The number of carbonyl (C=O) groups excluding carboxylic acids is 1. The number of nitrogens with zero attached hydrogens (tertiary/aromatic N) is 1. The fourth-order valence-corrected chi connectivity index (χ4v) is 3.58. The van der Waals surface area contributed by atoms with E-state index in [4.69, 9.17) is 4.74 Å². The zero-order chi connectivity index (χ0) is 22.1. The number of allylic oxidation sites excluding steroid dienone is 1. The number of hydrogen-bond acceptors (Lipinski definition) is 2. The molecule has 3 aromatic rings. The van der Waals surface area contributed by atoms with Crippen LogP contribution in [-0.2, 0) is 22.3 Å². The van der Waals surface area contributed by atoms with Gasteiger partial charge in [-0.25, -0.2) is 4.79 Å². The highest BCUT2D eigenvalue weighted by atomic mass is 19.4. The van der Waals surface area contributed by atoms with E-state index in [9.17, 15) is 18.0 Å². The van der Waals surface area contributed by atoms with Crippen molar-refractivity contribution in [2.45, 2.75) is 40.4 Å². The van der Waals surface area contributed by atoms with Crippen molar-refractivity contribution in [2.75, 3.05) is 6.61 Å². The third kappa shape index (κ3) is 4.42. The number of fused-ring (bicyclic) bond motifs is 1. The van der Waals surface area contributed by atoms with Gasteiger partial charge in [0.25, 0.3) is 0 Å². The Morgan fingerprint density at radius 3 is 2.47 bits per heavy atom. The number of rotatable bonds is 5. The average molecular weight is 415 g/mol. The van der Waals surface area contributed by atoms with Crippen molar-refractivity contribution in [3.05, 3.63) is 76.5 Å². The molecule has 0 spiro atoms. The highest BCUT2D eigenvalue weighted by Gasteiger charge is 2.31. The van der Waals surface area contributed by atoms with Crippen molar-refractivity contribution in [3.63, 3.8) is 0 Å². The topological polar surface area (TPSA) is 31.2 Å². The first-order valence-corrected chi connectivity index (χ1v) is 9.72. The molecule has 2 aromatic carbocycles. The molecule has 3 rings (SSSR count). The van der Waals surface area contributed by atoms with E-state index in [2.05, 4.69) is 0 Å². The van der Waals surface area contributed by atoms with E-state index in [1.807, 2.05) is 42.0 Å². The summed E-state index contributed by atoms with van der Waals surface area (Å²) < 4.78 is 46.7. The lowest BCUT2D eigenvalue weighted by molar-refractivity contribution is -0.138. The number of carbonyl (C=O) groups is 1. The first-order valence-electron chi connectivity index (χ1n) is 9.72. The molecule has 30 heavy (non-hydrogen) atoms. The normalized spacial score (nSPS) is 12.8. The molecule has 0 radical (unpaired) electrons. The van der Waals surface area contributed by atoms with Gasteiger partial charge in [0.15, 0.2) is 0 Å². The monoisotopic (exact) mass is 415 g/mol. The van der Waals surface area contributed by atoms with Crippen molar-refractivity contribution in [1.29, 1.82) is 0 Å². The van der Waals surface area contributed by atoms with E-state index >= 15 is 0 Å². The number of aryl methyl sites for hydroxylation is 1. The molecule has 1 aromatic heterocycles. The van der Waals surface area contributed by atoms with Gasteiger partial charge in [-0.05, 0) is 57.0 Å². The number of aromatic nitrogens is 1. The summed E-state index contributed by atoms with van der Waals surface area (Å²) in [5, 5.41) is 0.933. The summed E-state index contributed by atoms with van der Waals surface area (Å²) in [6.45, 7) is 7.57. The second-order valence-electron chi connectivity index (χ2n) is 7.36. The van der Waals surface area contributed by atoms with Crippen molar-refractivity contribution in [3.8, 4) is 0 Å². The van der Waals surface area contributed by atoms with Crippen LogP contribution in [0.25, 0.3) is 16.5 Å². The fraction of sp³-hybridized carbons (Fsp3) is 0.292. The SMILES string of the molecule is CCOC(=O)/C(C)=C(\C)c1cn(Cc2cc(C)cc(C(F)(F)F)c2)c2ccccc12. The second-order valence-corrected chi connectivity index (χ2v) is 7.36. The molecular weight excluding hydrogens is 391 g/mol. The molecule has 0 saturated heterocycles. The van der Waals surface area contributed by atoms with Gasteiger partial charge in [-0.3, -0.25) is 0 Å². The number of halogens is 3. The summed E-state index contributed by atoms with van der Waals surface area (Å²) in [4.78, 5) is 12.2. The van der Waals surface area contributed by atoms with Gasteiger partial charge in [0.2, 0.25) is 0 Å². The molecule has 0 N–H and O–H groups in total. The first kappa shape index (κ1) is 21.7. The highest BCUT2D eigenvalue weighted by molar-refractivity contribution is 6.01. The maximum Gasteiger partial charge on any atom is 0.416 e. The molecule has 0 unspecified atom stereocenters. The van der Waals surface area contributed by atoms with E-state index in [1.54, 1.807) is 26.8 Å². The van der Waals surface area contributed by atoms with E-state index in [0.29, 0.717) is 23.3 Å². The van der Waals surface area contributed by atoms with Gasteiger partial charge in [-0.15, -0.1) is 0 Å². The molecule has 0 aliphatic rings. The molecule has 0 aliphatic heterocycles. The zero-order valence-corrected chi connectivity index (χ0v) is 17.4. The van der Waals surface area contributed by atoms with E-state index in [-0.39, 0.29) is 12.5 Å². The van der Waals surface area contributed by atoms with Crippen LogP contribution in [0, 0.1) is 6.92 Å². The minimum atomic E-state index is -4.39. The molecule has 3 nitrogen and oxygen atoms in total. The molecule has 1 heterocycles. The summed E-state index contributed by atoms with van der Waals surface area (Å²) in [6, 6.07) is 11.8. The van der Waals surface area contributed by atoms with E-state index < -0.39 is 11.7 Å². The van der Waals surface area contributed by atoms with Crippen LogP contribution >= 0.6 is 0 Å². The first-order chi connectivity index (χ1) is 14.1. The molecule has 158 valence electrons. The molecule has 0 amide bonds. The molecule has 0 fully saturated rings. The predicted octanol–water partition coefficient (Wildman–Crippen LogP) is 6.37.